The van der Waals surface area contributed by atoms with Crippen LogP contribution in [-0.4, -0.2) is 24.8 Å². The van der Waals surface area contributed by atoms with E-state index in [4.69, 9.17) is 4.74 Å². The molecular formula is C13H10F4O3. The number of Topliss-reactive ketones (excluding diaryl/α,β-unsaturated/α-hetero) is 2. The Kier molecular flexibility index (Phi) is 3.89. The van der Waals surface area contributed by atoms with E-state index in [1.807, 2.05) is 0 Å². The Balaban J connectivity index is 2.38. The highest BCUT2D eigenvalue weighted by Gasteiger charge is 2.38. The minimum absolute atomic E-state index is 0.00299. The zero-order chi connectivity index (χ0) is 14.9. The summed E-state index contributed by atoms with van der Waals surface area (Å²) in [5.41, 5.74) is -2.25. The van der Waals surface area contributed by atoms with Gasteiger partial charge in [-0.3, -0.25) is 9.59 Å². The van der Waals surface area contributed by atoms with Crippen molar-refractivity contribution in [2.75, 3.05) is 13.2 Å². The fourth-order valence-electron chi connectivity index (χ4n) is 1.99. The first-order valence-electron chi connectivity index (χ1n) is 5.82. The average Bonchev–Trinajstić information content (AvgIpc) is 2.37. The number of hydrogen-bond donors (Lipinski definition) is 0. The van der Waals surface area contributed by atoms with Gasteiger partial charge < -0.3 is 4.74 Å². The van der Waals surface area contributed by atoms with Gasteiger partial charge >= 0.3 is 6.18 Å². The van der Waals surface area contributed by atoms with Gasteiger partial charge in [-0.15, -0.1) is 0 Å². The molecule has 1 aromatic rings. The Morgan fingerprint density at radius 1 is 1.30 bits per heavy atom. The predicted octanol–water partition coefficient (Wildman–Crippen LogP) is 2.63. The summed E-state index contributed by atoms with van der Waals surface area (Å²) in [6.07, 6.45) is -4.90. The van der Waals surface area contributed by atoms with Crippen molar-refractivity contribution >= 4 is 11.6 Å². The standard InChI is InChI=1S/C13H10F4O3/c14-11-7(2-1-3-9(11)13(15,16)17)12(19)8-6-20-5-4-10(8)18/h1-3,8H,4-6H2. The number of rotatable bonds is 2. The molecule has 1 unspecified atom stereocenters. The Bertz CT molecular complexity index is 551. The summed E-state index contributed by atoms with van der Waals surface area (Å²) >= 11 is 0. The van der Waals surface area contributed by atoms with Crippen LogP contribution in [0.1, 0.15) is 22.3 Å². The number of hydrogen-bond acceptors (Lipinski definition) is 3. The highest BCUT2D eigenvalue weighted by molar-refractivity contribution is 6.11. The Morgan fingerprint density at radius 3 is 2.60 bits per heavy atom. The van der Waals surface area contributed by atoms with E-state index in [2.05, 4.69) is 0 Å². The van der Waals surface area contributed by atoms with Crippen LogP contribution < -0.4 is 0 Å². The third-order valence-electron chi connectivity index (χ3n) is 3.05. The molecule has 0 spiro atoms. The van der Waals surface area contributed by atoms with E-state index in [9.17, 15) is 27.2 Å². The van der Waals surface area contributed by atoms with E-state index in [1.165, 1.54) is 0 Å². The SMILES string of the molecule is O=C1CCOCC1C(=O)c1cccc(C(F)(F)F)c1F. The molecule has 20 heavy (non-hydrogen) atoms. The fourth-order valence-corrected chi connectivity index (χ4v) is 1.99. The maximum atomic E-state index is 13.8. The van der Waals surface area contributed by atoms with Gasteiger partial charge in [0.1, 0.15) is 17.5 Å². The second-order valence-electron chi connectivity index (χ2n) is 4.37. The summed E-state index contributed by atoms with van der Waals surface area (Å²) < 4.78 is 56.5. The molecule has 108 valence electrons. The largest absolute Gasteiger partial charge is 0.419 e. The lowest BCUT2D eigenvalue weighted by Crippen LogP contribution is -2.34. The highest BCUT2D eigenvalue weighted by atomic mass is 19.4. The van der Waals surface area contributed by atoms with Crippen LogP contribution in [0.25, 0.3) is 0 Å². The maximum absolute atomic E-state index is 13.8. The molecule has 1 heterocycles. The van der Waals surface area contributed by atoms with E-state index in [0.717, 1.165) is 12.1 Å². The number of halogens is 4. The number of carbonyl (C=O) groups is 2. The average molecular weight is 290 g/mol. The van der Waals surface area contributed by atoms with Crippen LogP contribution in [0.15, 0.2) is 18.2 Å². The minimum atomic E-state index is -4.90. The van der Waals surface area contributed by atoms with Crippen LogP contribution in [0, 0.1) is 11.7 Å². The van der Waals surface area contributed by atoms with E-state index < -0.39 is 40.6 Å². The zero-order valence-electron chi connectivity index (χ0n) is 10.2. The molecule has 1 saturated heterocycles. The van der Waals surface area contributed by atoms with E-state index in [-0.39, 0.29) is 19.6 Å². The lowest BCUT2D eigenvalue weighted by molar-refractivity contribution is -0.140. The molecule has 0 radical (unpaired) electrons. The third kappa shape index (κ3) is 2.72. The second kappa shape index (κ2) is 5.32. The molecular weight excluding hydrogens is 280 g/mol. The molecule has 1 atom stereocenters. The number of benzene rings is 1. The monoisotopic (exact) mass is 290 g/mol. The van der Waals surface area contributed by atoms with Gasteiger partial charge in [0, 0.05) is 6.42 Å². The lowest BCUT2D eigenvalue weighted by atomic mass is 9.90. The highest BCUT2D eigenvalue weighted by Crippen LogP contribution is 2.33. The Morgan fingerprint density at radius 2 is 2.00 bits per heavy atom. The molecule has 0 aromatic heterocycles. The maximum Gasteiger partial charge on any atom is 0.419 e. The van der Waals surface area contributed by atoms with Crippen LogP contribution in [0.5, 0.6) is 0 Å². The molecule has 3 nitrogen and oxygen atoms in total. The van der Waals surface area contributed by atoms with Crippen LogP contribution in [0.2, 0.25) is 0 Å². The molecule has 0 aliphatic carbocycles. The third-order valence-corrected chi connectivity index (χ3v) is 3.05. The van der Waals surface area contributed by atoms with Crippen molar-refractivity contribution < 1.29 is 31.9 Å². The number of ether oxygens (including phenoxy) is 1. The van der Waals surface area contributed by atoms with Gasteiger partial charge in [0.25, 0.3) is 0 Å². The van der Waals surface area contributed by atoms with Crippen molar-refractivity contribution in [3.8, 4) is 0 Å². The lowest BCUT2D eigenvalue weighted by Gasteiger charge is -2.20. The van der Waals surface area contributed by atoms with E-state index >= 15 is 0 Å². The van der Waals surface area contributed by atoms with Gasteiger partial charge in [-0.2, -0.15) is 13.2 Å². The molecule has 1 aliphatic heterocycles. The van der Waals surface area contributed by atoms with Gasteiger partial charge in [0.15, 0.2) is 5.78 Å². The number of ketones is 2. The Hall–Kier alpha value is -1.76. The summed E-state index contributed by atoms with van der Waals surface area (Å²) in [6.45, 7) is -0.0684. The second-order valence-corrected chi connectivity index (χ2v) is 4.37. The van der Waals surface area contributed by atoms with Crippen LogP contribution in [0.3, 0.4) is 0 Å². The molecule has 0 N–H and O–H groups in total. The van der Waals surface area contributed by atoms with Gasteiger partial charge in [0.05, 0.1) is 24.3 Å². The van der Waals surface area contributed by atoms with Crippen molar-refractivity contribution in [2.24, 2.45) is 5.92 Å². The van der Waals surface area contributed by atoms with Gasteiger partial charge in [-0.05, 0) is 12.1 Å². The topological polar surface area (TPSA) is 43.4 Å². The van der Waals surface area contributed by atoms with Crippen molar-refractivity contribution in [1.82, 2.24) is 0 Å². The summed E-state index contributed by atoms with van der Waals surface area (Å²) in [5, 5.41) is 0. The summed E-state index contributed by atoms with van der Waals surface area (Å²) in [6, 6.07) is 2.42. The van der Waals surface area contributed by atoms with Crippen molar-refractivity contribution in [3.05, 3.63) is 35.1 Å². The molecule has 1 aromatic carbocycles. The quantitative estimate of drug-likeness (QED) is 0.478. The van der Waals surface area contributed by atoms with E-state index in [0.29, 0.717) is 6.07 Å². The Labute approximate surface area is 111 Å². The predicted molar refractivity (Wildman–Crippen MR) is 59.7 cm³/mol. The van der Waals surface area contributed by atoms with Crippen molar-refractivity contribution in [3.63, 3.8) is 0 Å². The normalized spacial score (nSPS) is 20.0. The molecule has 1 fully saturated rings. The van der Waals surface area contributed by atoms with Gasteiger partial charge in [-0.1, -0.05) is 6.07 Å². The fraction of sp³-hybridized carbons (Fsp3) is 0.385. The first-order chi connectivity index (χ1) is 9.32. The van der Waals surface area contributed by atoms with Crippen molar-refractivity contribution in [1.29, 1.82) is 0 Å². The summed E-state index contributed by atoms with van der Waals surface area (Å²) in [4.78, 5) is 23.6. The van der Waals surface area contributed by atoms with Crippen molar-refractivity contribution in [2.45, 2.75) is 12.6 Å². The number of carbonyl (C=O) groups excluding carboxylic acids is 2. The van der Waals surface area contributed by atoms with Crippen LogP contribution in [0.4, 0.5) is 17.6 Å². The number of alkyl halides is 3. The van der Waals surface area contributed by atoms with E-state index in [1.54, 1.807) is 0 Å². The first kappa shape index (κ1) is 14.6. The molecule has 2 rings (SSSR count). The molecule has 0 bridgehead atoms. The molecule has 7 heteroatoms. The summed E-state index contributed by atoms with van der Waals surface area (Å²) in [5.74, 6) is -4.30. The van der Waals surface area contributed by atoms with Crippen LogP contribution in [-0.2, 0) is 15.7 Å². The summed E-state index contributed by atoms with van der Waals surface area (Å²) in [7, 11) is 0. The zero-order valence-corrected chi connectivity index (χ0v) is 10.2. The molecule has 0 amide bonds. The molecule has 0 saturated carbocycles. The van der Waals surface area contributed by atoms with Gasteiger partial charge in [0.2, 0.25) is 0 Å². The first-order valence-corrected chi connectivity index (χ1v) is 5.82. The van der Waals surface area contributed by atoms with Gasteiger partial charge in [-0.25, -0.2) is 4.39 Å². The molecule has 1 aliphatic rings. The minimum Gasteiger partial charge on any atom is -0.380 e. The van der Waals surface area contributed by atoms with Crippen LogP contribution >= 0.6 is 0 Å². The smallest absolute Gasteiger partial charge is 0.380 e.